The van der Waals surface area contributed by atoms with Gasteiger partial charge in [-0.1, -0.05) is 30.3 Å². The van der Waals surface area contributed by atoms with Crippen LogP contribution in [0.5, 0.6) is 5.75 Å². The summed E-state index contributed by atoms with van der Waals surface area (Å²) in [4.78, 5) is 4.06. The number of benzene rings is 2. The number of ether oxygens (including phenoxy) is 1. The highest BCUT2D eigenvalue weighted by molar-refractivity contribution is 5.85. The topological polar surface area (TPSA) is 35.9 Å². The molecule has 1 N–H and O–H groups in total. The van der Waals surface area contributed by atoms with Crippen LogP contribution >= 0.6 is 24.8 Å². The normalized spacial score (nSPS) is 11.3. The molecule has 0 fully saturated rings. The molecule has 0 saturated heterocycles. The zero-order valence-electron chi connectivity index (χ0n) is 16.6. The number of hydrogen-bond acceptors (Lipinski definition) is 4. The Morgan fingerprint density at radius 3 is 2.11 bits per heavy atom. The van der Waals surface area contributed by atoms with Crippen molar-refractivity contribution in [3.05, 3.63) is 59.7 Å². The van der Waals surface area contributed by atoms with Crippen LogP contribution in [0.3, 0.4) is 0 Å². The summed E-state index contributed by atoms with van der Waals surface area (Å²) in [7, 11) is 7.98. The van der Waals surface area contributed by atoms with Gasteiger partial charge in [0.25, 0.3) is 0 Å². The van der Waals surface area contributed by atoms with Crippen molar-refractivity contribution in [3.63, 3.8) is 0 Å². The van der Waals surface area contributed by atoms with Crippen LogP contribution in [0, 0.1) is 0 Å². The molecule has 6 heteroatoms. The minimum atomic E-state index is -0.485. The Labute approximate surface area is 176 Å². The fraction of sp³-hybridized carbons (Fsp3) is 0.429. The number of nitrogens with zero attached hydrogens (tertiary/aromatic N) is 2. The highest BCUT2D eigenvalue weighted by atomic mass is 35.5. The second-order valence-corrected chi connectivity index (χ2v) is 6.90. The highest BCUT2D eigenvalue weighted by Crippen LogP contribution is 2.21. The number of aryl methyl sites for hydroxylation is 2. The smallest absolute Gasteiger partial charge is 0.122 e. The number of anilines is 1. The molecule has 0 aromatic heterocycles. The van der Waals surface area contributed by atoms with Crippen molar-refractivity contribution in [2.24, 2.45) is 0 Å². The number of halogens is 2. The zero-order valence-corrected chi connectivity index (χ0v) is 18.2. The number of likely N-dealkylation sites (N-methyl/N-ethyl adjacent to an activating group) is 1. The van der Waals surface area contributed by atoms with E-state index in [9.17, 15) is 5.11 Å². The van der Waals surface area contributed by atoms with Gasteiger partial charge in [-0.2, -0.15) is 0 Å². The first-order valence-electron chi connectivity index (χ1n) is 8.75. The first-order valence-corrected chi connectivity index (χ1v) is 8.75. The molecule has 1 atom stereocenters. The van der Waals surface area contributed by atoms with E-state index in [4.69, 9.17) is 4.74 Å². The first kappa shape index (κ1) is 25.5. The second-order valence-electron chi connectivity index (χ2n) is 6.90. The lowest BCUT2D eigenvalue weighted by atomic mass is 10.0. The maximum atomic E-state index is 9.98. The molecule has 0 radical (unpaired) electrons. The number of rotatable bonds is 9. The summed E-state index contributed by atoms with van der Waals surface area (Å²) in [5, 5.41) is 9.98. The summed E-state index contributed by atoms with van der Waals surface area (Å²) in [5.41, 5.74) is 3.70. The van der Waals surface area contributed by atoms with E-state index in [1.54, 1.807) is 0 Å². The van der Waals surface area contributed by atoms with Crippen LogP contribution in [0.25, 0.3) is 0 Å². The molecule has 2 aromatic carbocycles. The molecule has 4 nitrogen and oxygen atoms in total. The SMILES string of the molecule is CN(C)CC(O)COc1ccccc1CCc1ccc(N(C)C)cc1.Cl.Cl. The molecule has 0 saturated carbocycles. The third kappa shape index (κ3) is 8.85. The summed E-state index contributed by atoms with van der Waals surface area (Å²) in [6, 6.07) is 16.7. The van der Waals surface area contributed by atoms with Crippen LogP contribution in [-0.4, -0.2) is 57.5 Å². The van der Waals surface area contributed by atoms with Crippen molar-refractivity contribution in [1.82, 2.24) is 4.90 Å². The van der Waals surface area contributed by atoms with Crippen molar-refractivity contribution >= 4 is 30.5 Å². The summed E-state index contributed by atoms with van der Waals surface area (Å²) < 4.78 is 5.86. The molecule has 0 bridgehead atoms. The minimum absolute atomic E-state index is 0. The standard InChI is InChI=1S/C21H30N2O2.2ClH/c1-22(2)15-20(24)16-25-21-8-6-5-7-18(21)12-9-17-10-13-19(14-11-17)23(3)4;;/h5-8,10-11,13-14,20,24H,9,12,15-16H2,1-4H3;2*1H. The molecule has 0 aliphatic carbocycles. The number of hydrogen-bond donors (Lipinski definition) is 1. The van der Waals surface area contributed by atoms with E-state index in [1.165, 1.54) is 16.8 Å². The number of aliphatic hydroxyl groups excluding tert-OH is 1. The Balaban J connectivity index is 0.00000338. The monoisotopic (exact) mass is 414 g/mol. The van der Waals surface area contributed by atoms with Crippen molar-refractivity contribution < 1.29 is 9.84 Å². The summed E-state index contributed by atoms with van der Waals surface area (Å²) in [6.45, 7) is 0.910. The molecule has 0 aliphatic rings. The van der Waals surface area contributed by atoms with Crippen molar-refractivity contribution in [2.45, 2.75) is 18.9 Å². The van der Waals surface area contributed by atoms with Gasteiger partial charge in [-0.25, -0.2) is 0 Å². The number of aliphatic hydroxyl groups is 1. The van der Waals surface area contributed by atoms with E-state index in [0.29, 0.717) is 13.2 Å². The molecule has 27 heavy (non-hydrogen) atoms. The fourth-order valence-corrected chi connectivity index (χ4v) is 2.75. The van der Waals surface area contributed by atoms with Crippen LogP contribution in [-0.2, 0) is 12.8 Å². The van der Waals surface area contributed by atoms with E-state index in [0.717, 1.165) is 18.6 Å². The molecule has 0 aliphatic heterocycles. The van der Waals surface area contributed by atoms with Gasteiger partial charge in [0.2, 0.25) is 0 Å². The van der Waals surface area contributed by atoms with Crippen molar-refractivity contribution in [1.29, 1.82) is 0 Å². The Bertz CT molecular complexity index is 649. The van der Waals surface area contributed by atoms with Crippen LogP contribution in [0.15, 0.2) is 48.5 Å². The quantitative estimate of drug-likeness (QED) is 0.678. The van der Waals surface area contributed by atoms with E-state index >= 15 is 0 Å². The third-order valence-corrected chi connectivity index (χ3v) is 4.12. The third-order valence-electron chi connectivity index (χ3n) is 4.12. The minimum Gasteiger partial charge on any atom is -0.491 e. The Morgan fingerprint density at radius 1 is 0.889 bits per heavy atom. The van der Waals surface area contributed by atoms with Crippen LogP contribution in [0.1, 0.15) is 11.1 Å². The molecule has 2 rings (SSSR count). The van der Waals surface area contributed by atoms with Gasteiger partial charge in [0.1, 0.15) is 18.5 Å². The predicted molar refractivity (Wildman–Crippen MR) is 119 cm³/mol. The molecule has 0 amide bonds. The lowest BCUT2D eigenvalue weighted by Gasteiger charge is -2.18. The molecule has 0 heterocycles. The molecule has 2 aromatic rings. The molecular weight excluding hydrogens is 383 g/mol. The Hall–Kier alpha value is -1.46. The van der Waals surface area contributed by atoms with Gasteiger partial charge >= 0.3 is 0 Å². The lowest BCUT2D eigenvalue weighted by molar-refractivity contribution is 0.0827. The maximum absolute atomic E-state index is 9.98. The van der Waals surface area contributed by atoms with Gasteiger partial charge < -0.3 is 19.6 Å². The van der Waals surface area contributed by atoms with Gasteiger partial charge in [-0.15, -0.1) is 24.8 Å². The van der Waals surface area contributed by atoms with Gasteiger partial charge in [0.05, 0.1) is 0 Å². The maximum Gasteiger partial charge on any atom is 0.122 e. The zero-order chi connectivity index (χ0) is 18.2. The molecular formula is C21H32Cl2N2O2. The van der Waals surface area contributed by atoms with Crippen LogP contribution in [0.4, 0.5) is 5.69 Å². The van der Waals surface area contributed by atoms with E-state index in [1.807, 2.05) is 51.3 Å². The lowest BCUT2D eigenvalue weighted by Crippen LogP contribution is -2.30. The highest BCUT2D eigenvalue weighted by Gasteiger charge is 2.09. The average Bonchev–Trinajstić information content (AvgIpc) is 2.58. The Morgan fingerprint density at radius 2 is 1.52 bits per heavy atom. The first-order chi connectivity index (χ1) is 12.0. The van der Waals surface area contributed by atoms with Crippen molar-refractivity contribution in [3.8, 4) is 5.75 Å². The largest absolute Gasteiger partial charge is 0.491 e. The fourth-order valence-electron chi connectivity index (χ4n) is 2.75. The van der Waals surface area contributed by atoms with E-state index in [-0.39, 0.29) is 24.8 Å². The second kappa shape index (κ2) is 12.8. The van der Waals surface area contributed by atoms with Crippen molar-refractivity contribution in [2.75, 3.05) is 46.2 Å². The predicted octanol–water partition coefficient (Wildman–Crippen LogP) is 3.68. The summed E-state index contributed by atoms with van der Waals surface area (Å²) in [5.74, 6) is 0.866. The van der Waals surface area contributed by atoms with Gasteiger partial charge in [0.15, 0.2) is 0 Å². The van der Waals surface area contributed by atoms with Gasteiger partial charge in [-0.3, -0.25) is 0 Å². The van der Waals surface area contributed by atoms with Gasteiger partial charge in [0, 0.05) is 26.3 Å². The molecule has 152 valence electrons. The molecule has 0 spiro atoms. The number of para-hydroxylation sites is 1. The van der Waals surface area contributed by atoms with Crippen LogP contribution in [0.2, 0.25) is 0 Å². The van der Waals surface area contributed by atoms with Gasteiger partial charge in [-0.05, 0) is 56.3 Å². The van der Waals surface area contributed by atoms with Crippen LogP contribution < -0.4 is 9.64 Å². The Kier molecular flexibility index (Phi) is 12.1. The molecule has 1 unspecified atom stereocenters. The average molecular weight is 415 g/mol. The van der Waals surface area contributed by atoms with E-state index in [2.05, 4.69) is 35.2 Å². The summed E-state index contributed by atoms with van der Waals surface area (Å²) in [6.07, 6.45) is 1.40. The van der Waals surface area contributed by atoms with E-state index < -0.39 is 6.10 Å². The summed E-state index contributed by atoms with van der Waals surface area (Å²) >= 11 is 0.